The summed E-state index contributed by atoms with van der Waals surface area (Å²) in [5.41, 5.74) is 0.103. The molecule has 0 aromatic rings. The maximum atomic E-state index is 11.8. The summed E-state index contributed by atoms with van der Waals surface area (Å²) in [5.74, 6) is -0.231. The first-order valence-electron chi connectivity index (χ1n) is 4.91. The second-order valence-corrected chi connectivity index (χ2v) is 4.18. The van der Waals surface area contributed by atoms with E-state index in [0.717, 1.165) is 25.9 Å². The van der Waals surface area contributed by atoms with Crippen LogP contribution in [0.15, 0.2) is 0 Å². The summed E-state index contributed by atoms with van der Waals surface area (Å²) < 4.78 is 23.6. The third-order valence-corrected chi connectivity index (χ3v) is 3.21. The smallest absolute Gasteiger partial charge is 0.255 e. The Bertz CT molecular complexity index is 239. The quantitative estimate of drug-likeness (QED) is 0.697. The van der Waals surface area contributed by atoms with E-state index in [4.69, 9.17) is 0 Å². The first kappa shape index (κ1) is 9.83. The highest BCUT2D eigenvalue weighted by Gasteiger charge is 2.58. The number of amides is 1. The highest BCUT2D eigenvalue weighted by Crippen LogP contribution is 2.56. The van der Waals surface area contributed by atoms with E-state index >= 15 is 0 Å². The molecule has 1 aliphatic heterocycles. The maximum Gasteiger partial charge on any atom is 0.255 e. The molecule has 3 nitrogen and oxygen atoms in total. The van der Waals surface area contributed by atoms with E-state index in [9.17, 15) is 13.6 Å². The molecule has 80 valence electrons. The van der Waals surface area contributed by atoms with Crippen LogP contribution in [0, 0.1) is 11.3 Å². The van der Waals surface area contributed by atoms with Gasteiger partial charge in [-0.2, -0.15) is 0 Å². The maximum absolute atomic E-state index is 11.8. The molecule has 1 spiro atoms. The summed E-state index contributed by atoms with van der Waals surface area (Å²) in [6.45, 7) is 1.29. The Morgan fingerprint density at radius 1 is 1.64 bits per heavy atom. The topological polar surface area (TPSA) is 41.1 Å². The third kappa shape index (κ3) is 1.73. The molecule has 2 unspecified atom stereocenters. The van der Waals surface area contributed by atoms with Crippen molar-refractivity contribution >= 4 is 5.91 Å². The average molecular weight is 204 g/mol. The summed E-state index contributed by atoms with van der Waals surface area (Å²) in [7, 11) is 0. The van der Waals surface area contributed by atoms with Crippen molar-refractivity contribution in [2.75, 3.05) is 19.6 Å². The number of rotatable bonds is 3. The van der Waals surface area contributed by atoms with Crippen LogP contribution in [0.3, 0.4) is 0 Å². The zero-order chi connectivity index (χ0) is 10.2. The Kier molecular flexibility index (Phi) is 2.43. The van der Waals surface area contributed by atoms with Gasteiger partial charge in [-0.15, -0.1) is 0 Å². The van der Waals surface area contributed by atoms with Crippen LogP contribution in [0.2, 0.25) is 0 Å². The highest BCUT2D eigenvalue weighted by molar-refractivity contribution is 5.82. The second-order valence-electron chi connectivity index (χ2n) is 4.18. The minimum atomic E-state index is -2.45. The lowest BCUT2D eigenvalue weighted by molar-refractivity contribution is -0.123. The molecular formula is C9H14F2N2O. The standard InChI is InChI=1S/C9H14F2N2O/c10-7(11)4-13-8(14)6-3-9(6)1-2-12-5-9/h6-7,12H,1-5H2,(H,13,14). The van der Waals surface area contributed by atoms with Crippen LogP contribution in [0.25, 0.3) is 0 Å². The first-order chi connectivity index (χ1) is 6.64. The van der Waals surface area contributed by atoms with Gasteiger partial charge in [0.2, 0.25) is 5.91 Å². The molecule has 1 aliphatic carbocycles. The lowest BCUT2D eigenvalue weighted by atomic mass is 10.0. The fraction of sp³-hybridized carbons (Fsp3) is 0.889. The molecule has 2 rings (SSSR count). The van der Waals surface area contributed by atoms with Crippen LogP contribution in [-0.4, -0.2) is 32.0 Å². The molecule has 1 heterocycles. The zero-order valence-corrected chi connectivity index (χ0v) is 7.85. The van der Waals surface area contributed by atoms with Crippen LogP contribution in [-0.2, 0) is 4.79 Å². The van der Waals surface area contributed by atoms with Gasteiger partial charge in [0.1, 0.15) is 0 Å². The highest BCUT2D eigenvalue weighted by atomic mass is 19.3. The van der Waals surface area contributed by atoms with Crippen molar-refractivity contribution in [2.24, 2.45) is 11.3 Å². The Hall–Kier alpha value is -0.710. The predicted octanol–water partition coefficient (Wildman–Crippen LogP) is 0.367. The van der Waals surface area contributed by atoms with E-state index in [2.05, 4.69) is 10.6 Å². The number of hydrogen-bond donors (Lipinski definition) is 2. The van der Waals surface area contributed by atoms with Crippen molar-refractivity contribution in [3.8, 4) is 0 Å². The average Bonchev–Trinajstić information content (AvgIpc) is 2.61. The van der Waals surface area contributed by atoms with Gasteiger partial charge in [0.25, 0.3) is 6.43 Å². The fourth-order valence-corrected chi connectivity index (χ4v) is 2.25. The van der Waals surface area contributed by atoms with E-state index in [1.54, 1.807) is 0 Å². The van der Waals surface area contributed by atoms with Crippen molar-refractivity contribution in [3.05, 3.63) is 0 Å². The SMILES string of the molecule is O=C(NCC(F)F)C1CC12CCNC2. The van der Waals surface area contributed by atoms with Crippen molar-refractivity contribution in [1.29, 1.82) is 0 Å². The molecule has 1 saturated carbocycles. The van der Waals surface area contributed by atoms with Gasteiger partial charge in [0.15, 0.2) is 0 Å². The molecule has 0 aromatic heterocycles. The van der Waals surface area contributed by atoms with Crippen LogP contribution in [0.1, 0.15) is 12.8 Å². The Morgan fingerprint density at radius 3 is 3.00 bits per heavy atom. The minimum absolute atomic E-state index is 0.0313. The number of alkyl halides is 2. The molecule has 0 radical (unpaired) electrons. The molecule has 1 saturated heterocycles. The lowest BCUT2D eigenvalue weighted by Gasteiger charge is -2.07. The number of carbonyl (C=O) groups is 1. The van der Waals surface area contributed by atoms with Crippen LogP contribution < -0.4 is 10.6 Å². The Labute approximate surface area is 81.2 Å². The van der Waals surface area contributed by atoms with Gasteiger partial charge < -0.3 is 10.6 Å². The molecule has 5 heteroatoms. The van der Waals surface area contributed by atoms with E-state index in [0.29, 0.717) is 0 Å². The van der Waals surface area contributed by atoms with Crippen molar-refractivity contribution in [3.63, 3.8) is 0 Å². The minimum Gasteiger partial charge on any atom is -0.350 e. The van der Waals surface area contributed by atoms with Crippen LogP contribution in [0.4, 0.5) is 8.78 Å². The van der Waals surface area contributed by atoms with E-state index in [1.807, 2.05) is 0 Å². The van der Waals surface area contributed by atoms with Gasteiger partial charge in [-0.05, 0) is 24.8 Å². The number of hydrogen-bond acceptors (Lipinski definition) is 2. The van der Waals surface area contributed by atoms with Gasteiger partial charge in [-0.3, -0.25) is 4.79 Å². The van der Waals surface area contributed by atoms with Gasteiger partial charge >= 0.3 is 0 Å². The molecule has 0 bridgehead atoms. The van der Waals surface area contributed by atoms with Crippen molar-refractivity contribution in [1.82, 2.24) is 10.6 Å². The molecule has 2 atom stereocenters. The van der Waals surface area contributed by atoms with Gasteiger partial charge in [0, 0.05) is 12.5 Å². The van der Waals surface area contributed by atoms with Gasteiger partial charge in [0.05, 0.1) is 6.54 Å². The van der Waals surface area contributed by atoms with Crippen molar-refractivity contribution < 1.29 is 13.6 Å². The number of carbonyl (C=O) groups excluding carboxylic acids is 1. The molecule has 0 aromatic carbocycles. The van der Waals surface area contributed by atoms with E-state index in [1.165, 1.54) is 0 Å². The summed E-state index contributed by atoms with van der Waals surface area (Å²) in [6, 6.07) is 0. The predicted molar refractivity (Wildman–Crippen MR) is 47.0 cm³/mol. The summed E-state index contributed by atoms with van der Waals surface area (Å²) >= 11 is 0. The Morgan fingerprint density at radius 2 is 2.43 bits per heavy atom. The summed E-state index contributed by atoms with van der Waals surface area (Å²) in [6.07, 6.45) is -0.593. The third-order valence-electron chi connectivity index (χ3n) is 3.21. The summed E-state index contributed by atoms with van der Waals surface area (Å²) in [4.78, 5) is 11.4. The number of halogens is 2. The van der Waals surface area contributed by atoms with Crippen LogP contribution >= 0.6 is 0 Å². The Balaban J connectivity index is 1.78. The number of nitrogens with one attached hydrogen (secondary N) is 2. The molecule has 2 aliphatic rings. The normalized spacial score (nSPS) is 35.2. The molecule has 2 fully saturated rings. The monoisotopic (exact) mass is 204 g/mol. The van der Waals surface area contributed by atoms with Crippen molar-refractivity contribution in [2.45, 2.75) is 19.3 Å². The van der Waals surface area contributed by atoms with Gasteiger partial charge in [-0.25, -0.2) is 8.78 Å². The molecule has 14 heavy (non-hydrogen) atoms. The fourth-order valence-electron chi connectivity index (χ4n) is 2.25. The van der Waals surface area contributed by atoms with E-state index < -0.39 is 13.0 Å². The molecule has 1 amide bonds. The zero-order valence-electron chi connectivity index (χ0n) is 7.85. The molecule has 2 N–H and O–H groups in total. The van der Waals surface area contributed by atoms with Gasteiger partial charge in [-0.1, -0.05) is 0 Å². The van der Waals surface area contributed by atoms with E-state index in [-0.39, 0.29) is 17.2 Å². The summed E-state index contributed by atoms with van der Waals surface area (Å²) in [5, 5.41) is 5.48. The first-order valence-corrected chi connectivity index (χ1v) is 4.91. The lowest BCUT2D eigenvalue weighted by Crippen LogP contribution is -2.31. The van der Waals surface area contributed by atoms with Crippen LogP contribution in [0.5, 0.6) is 0 Å². The second kappa shape index (κ2) is 3.46. The largest absolute Gasteiger partial charge is 0.350 e. The molecular weight excluding hydrogens is 190 g/mol.